The van der Waals surface area contributed by atoms with Gasteiger partial charge in [0.15, 0.2) is 23.1 Å². The molecule has 11 aromatic rings. The molecule has 12 rings (SSSR count). The molecule has 6 nitrogen and oxygen atoms in total. The number of hydrogen-bond donors (Lipinski definition) is 0. The molecule has 0 N–H and O–H groups in total. The summed E-state index contributed by atoms with van der Waals surface area (Å²) in [4.78, 5) is 19.9. The Bertz CT molecular complexity index is 3470. The molecule has 0 saturated carbocycles. The Labute approximate surface area is 342 Å². The molecule has 4 aromatic heterocycles. The Morgan fingerprint density at radius 1 is 0.458 bits per heavy atom. The largest absolute Gasteiger partial charge is 0.456 e. The Balaban J connectivity index is 0.899. The van der Waals surface area contributed by atoms with Gasteiger partial charge in [0, 0.05) is 53.2 Å². The zero-order chi connectivity index (χ0) is 38.9. The first-order valence-electron chi connectivity index (χ1n) is 19.8. The second-order valence-electron chi connectivity index (χ2n) is 14.9. The van der Waals surface area contributed by atoms with Gasteiger partial charge in [-0.2, -0.15) is 0 Å². The Kier molecular flexibility index (Phi) is 7.74. The fraction of sp³-hybridized carbons (Fsp3) is 0.0385. The van der Waals surface area contributed by atoms with Gasteiger partial charge in [-0.05, 0) is 83.6 Å². The fourth-order valence-corrected chi connectivity index (χ4v) is 9.52. The van der Waals surface area contributed by atoms with Crippen molar-refractivity contribution in [2.45, 2.75) is 12.8 Å². The molecule has 4 heterocycles. The minimum Gasteiger partial charge on any atom is -0.456 e. The molecule has 278 valence electrons. The molecular weight excluding hydrogens is 745 g/mol. The van der Waals surface area contributed by atoms with Crippen LogP contribution in [0.4, 0.5) is 0 Å². The van der Waals surface area contributed by atoms with E-state index < -0.39 is 0 Å². The minimum atomic E-state index is 0.625. The van der Waals surface area contributed by atoms with E-state index >= 15 is 0 Å². The molecule has 0 bridgehead atoms. The van der Waals surface area contributed by atoms with Crippen LogP contribution in [0.5, 0.6) is 0 Å². The summed E-state index contributed by atoms with van der Waals surface area (Å²) >= 11 is 1.83. The van der Waals surface area contributed by atoms with Gasteiger partial charge in [-0.1, -0.05) is 121 Å². The maximum atomic E-state index is 6.24. The number of allylic oxidation sites excluding steroid dienone is 4. The molecule has 0 radical (unpaired) electrons. The topological polar surface area (TPSA) is 77.8 Å². The number of benzene rings is 7. The third-order valence-corrected chi connectivity index (χ3v) is 12.5. The summed E-state index contributed by atoms with van der Waals surface area (Å²) in [6, 6.07) is 52.6. The summed E-state index contributed by atoms with van der Waals surface area (Å²) < 4.78 is 14.8. The second-order valence-corrected chi connectivity index (χ2v) is 15.9. The molecule has 7 aromatic carbocycles. The second kappa shape index (κ2) is 13.6. The van der Waals surface area contributed by atoms with E-state index in [0.29, 0.717) is 23.4 Å². The number of oxazole rings is 1. The minimum absolute atomic E-state index is 0.625. The summed E-state index contributed by atoms with van der Waals surface area (Å²) in [6.07, 6.45) is 8.49. The molecule has 0 atom stereocenters. The Morgan fingerprint density at radius 3 is 2.02 bits per heavy atom. The summed E-state index contributed by atoms with van der Waals surface area (Å²) in [5, 5.41) is 4.55. The standard InChI is InChI=1S/C52H32N4O2S/c1-2-10-33(11-3-1)49-54-50(56-51(55-49)40-15-9-19-45-47(40)39-12-4-6-17-43(39)57-45)34-24-22-32(23-25-34)37-13-8-14-38-41-30-36(28-29-46(41)59-48(37)38)31-20-26-35(27-21-31)52-53-42-16-5-7-18-44(42)58-52/h2,4-30H,1,3H2. The van der Waals surface area contributed by atoms with Gasteiger partial charge in [0.05, 0.1) is 0 Å². The lowest BCUT2D eigenvalue weighted by Crippen LogP contribution is -2.03. The van der Waals surface area contributed by atoms with Crippen molar-refractivity contribution in [1.82, 2.24) is 19.9 Å². The predicted octanol–water partition coefficient (Wildman–Crippen LogP) is 14.3. The lowest BCUT2D eigenvalue weighted by molar-refractivity contribution is 0.620. The number of furan rings is 1. The van der Waals surface area contributed by atoms with Crippen molar-refractivity contribution in [1.29, 1.82) is 0 Å². The molecule has 1 aliphatic rings. The number of hydrogen-bond acceptors (Lipinski definition) is 7. The first kappa shape index (κ1) is 33.6. The molecule has 0 saturated heterocycles. The van der Waals surface area contributed by atoms with Crippen LogP contribution in [0.15, 0.2) is 179 Å². The number of nitrogens with zero attached hydrogens (tertiary/aromatic N) is 4. The number of fused-ring (bicyclic) bond motifs is 7. The summed E-state index contributed by atoms with van der Waals surface area (Å²) in [5.74, 6) is 2.56. The molecule has 0 fully saturated rings. The van der Waals surface area contributed by atoms with Crippen LogP contribution in [0.2, 0.25) is 0 Å². The van der Waals surface area contributed by atoms with E-state index in [0.717, 1.165) is 79.3 Å². The van der Waals surface area contributed by atoms with Crippen LogP contribution in [0.3, 0.4) is 0 Å². The van der Waals surface area contributed by atoms with Gasteiger partial charge < -0.3 is 8.83 Å². The monoisotopic (exact) mass is 776 g/mol. The highest BCUT2D eigenvalue weighted by Gasteiger charge is 2.19. The smallest absolute Gasteiger partial charge is 0.227 e. The zero-order valence-electron chi connectivity index (χ0n) is 31.6. The van der Waals surface area contributed by atoms with E-state index in [4.69, 9.17) is 23.8 Å². The van der Waals surface area contributed by atoms with Crippen LogP contribution in [0, 0.1) is 0 Å². The predicted molar refractivity (Wildman–Crippen MR) is 241 cm³/mol. The zero-order valence-corrected chi connectivity index (χ0v) is 32.4. The van der Waals surface area contributed by atoms with Crippen molar-refractivity contribution in [3.8, 4) is 56.5 Å². The van der Waals surface area contributed by atoms with Gasteiger partial charge >= 0.3 is 0 Å². The molecule has 0 amide bonds. The summed E-state index contributed by atoms with van der Waals surface area (Å²) in [7, 11) is 0. The number of para-hydroxylation sites is 3. The molecule has 0 spiro atoms. The molecule has 0 aliphatic heterocycles. The summed E-state index contributed by atoms with van der Waals surface area (Å²) in [5.41, 5.74) is 11.8. The molecular formula is C52H32N4O2S. The van der Waals surface area contributed by atoms with Crippen molar-refractivity contribution in [3.63, 3.8) is 0 Å². The van der Waals surface area contributed by atoms with E-state index in [9.17, 15) is 0 Å². The van der Waals surface area contributed by atoms with Gasteiger partial charge in [0.2, 0.25) is 5.89 Å². The number of thiophene rings is 1. The van der Waals surface area contributed by atoms with E-state index in [1.165, 1.54) is 31.3 Å². The van der Waals surface area contributed by atoms with Crippen molar-refractivity contribution in [3.05, 3.63) is 176 Å². The van der Waals surface area contributed by atoms with Crippen LogP contribution in [-0.4, -0.2) is 19.9 Å². The van der Waals surface area contributed by atoms with Crippen molar-refractivity contribution >= 4 is 70.1 Å². The first-order chi connectivity index (χ1) is 29.2. The van der Waals surface area contributed by atoms with Crippen LogP contribution < -0.4 is 0 Å². The van der Waals surface area contributed by atoms with E-state index in [1.807, 2.05) is 65.9 Å². The molecule has 0 unspecified atom stereocenters. The average molecular weight is 777 g/mol. The van der Waals surface area contributed by atoms with Gasteiger partial charge in [0.25, 0.3) is 0 Å². The Hall–Kier alpha value is -7.48. The molecule has 1 aliphatic carbocycles. The number of rotatable bonds is 6. The highest BCUT2D eigenvalue weighted by Crippen LogP contribution is 2.42. The van der Waals surface area contributed by atoms with Crippen LogP contribution in [-0.2, 0) is 0 Å². The van der Waals surface area contributed by atoms with Crippen LogP contribution in [0.25, 0.3) is 115 Å². The van der Waals surface area contributed by atoms with Gasteiger partial charge in [-0.15, -0.1) is 11.3 Å². The molecule has 59 heavy (non-hydrogen) atoms. The average Bonchev–Trinajstić information content (AvgIpc) is 4.03. The maximum absolute atomic E-state index is 6.24. The quantitative estimate of drug-likeness (QED) is 0.167. The highest BCUT2D eigenvalue weighted by atomic mass is 32.1. The van der Waals surface area contributed by atoms with E-state index in [1.54, 1.807) is 0 Å². The van der Waals surface area contributed by atoms with Gasteiger partial charge in [-0.25, -0.2) is 19.9 Å². The normalized spacial score (nSPS) is 13.0. The lowest BCUT2D eigenvalue weighted by Gasteiger charge is -2.11. The van der Waals surface area contributed by atoms with E-state index in [2.05, 4.69) is 120 Å². The van der Waals surface area contributed by atoms with Gasteiger partial charge in [0.1, 0.15) is 16.7 Å². The van der Waals surface area contributed by atoms with Crippen molar-refractivity contribution in [2.75, 3.05) is 0 Å². The maximum Gasteiger partial charge on any atom is 0.227 e. The van der Waals surface area contributed by atoms with Crippen molar-refractivity contribution in [2.24, 2.45) is 0 Å². The van der Waals surface area contributed by atoms with Crippen molar-refractivity contribution < 1.29 is 8.83 Å². The first-order valence-corrected chi connectivity index (χ1v) is 20.6. The lowest BCUT2D eigenvalue weighted by atomic mass is 9.99. The fourth-order valence-electron chi connectivity index (χ4n) is 8.30. The van der Waals surface area contributed by atoms with E-state index in [-0.39, 0.29) is 0 Å². The summed E-state index contributed by atoms with van der Waals surface area (Å²) in [6.45, 7) is 0. The van der Waals surface area contributed by atoms with Crippen LogP contribution >= 0.6 is 11.3 Å². The third kappa shape index (κ3) is 5.77. The van der Waals surface area contributed by atoms with Crippen LogP contribution in [0.1, 0.15) is 18.7 Å². The third-order valence-electron chi connectivity index (χ3n) is 11.2. The number of aromatic nitrogens is 4. The van der Waals surface area contributed by atoms with Gasteiger partial charge in [-0.3, -0.25) is 0 Å². The molecule has 7 heteroatoms. The highest BCUT2D eigenvalue weighted by molar-refractivity contribution is 7.26. The Morgan fingerprint density at radius 2 is 1.15 bits per heavy atom. The SMILES string of the molecule is C1=CC(c2nc(-c3ccc(-c4cccc5c4sc4ccc(-c6ccc(-c7nc8ccccc8o7)cc6)cc45)cc3)nc(-c3cccc4oc5ccccc5c34)n2)=CCC1.